The van der Waals surface area contributed by atoms with Gasteiger partial charge in [-0.15, -0.1) is 0 Å². The van der Waals surface area contributed by atoms with Gasteiger partial charge in [-0.2, -0.15) is 4.39 Å². The van der Waals surface area contributed by atoms with E-state index in [1.807, 2.05) is 6.08 Å². The quantitative estimate of drug-likeness (QED) is 0.239. The lowest BCUT2D eigenvalue weighted by molar-refractivity contribution is 0.278. The Morgan fingerprint density at radius 1 is 0.643 bits per heavy atom. The Labute approximate surface area is 243 Å². The van der Waals surface area contributed by atoms with E-state index in [4.69, 9.17) is 4.74 Å². The van der Waals surface area contributed by atoms with Gasteiger partial charge in [-0.25, -0.2) is 22.0 Å². The SMILES string of the molecule is CCOc1ccc(-c2ccc(C3=CCC(CCC4CCC(c5ccc(C)c(F)c5F)CC4)CC3)c(F)c2F)c(F)c1F. The fourth-order valence-corrected chi connectivity index (χ4v) is 6.62. The molecule has 3 aromatic rings. The van der Waals surface area contributed by atoms with Crippen LogP contribution in [0, 0.1) is 53.7 Å². The third-order valence-corrected chi connectivity index (χ3v) is 9.16. The van der Waals surface area contributed by atoms with Gasteiger partial charge in [0.1, 0.15) is 0 Å². The zero-order chi connectivity index (χ0) is 30.0. The molecule has 0 amide bonds. The number of ether oxygens (including phenoxy) is 1. The van der Waals surface area contributed by atoms with Gasteiger partial charge in [0.15, 0.2) is 34.8 Å². The zero-order valence-electron chi connectivity index (χ0n) is 24.0. The van der Waals surface area contributed by atoms with Crippen molar-refractivity contribution in [2.24, 2.45) is 11.8 Å². The lowest BCUT2D eigenvalue weighted by atomic mass is 9.75. The van der Waals surface area contributed by atoms with Gasteiger partial charge in [-0.3, -0.25) is 0 Å². The number of rotatable bonds is 8. The predicted molar refractivity (Wildman–Crippen MR) is 153 cm³/mol. The Hall–Kier alpha value is -3.22. The second-order valence-corrected chi connectivity index (χ2v) is 11.7. The maximum absolute atomic E-state index is 15.2. The van der Waals surface area contributed by atoms with E-state index in [1.54, 1.807) is 26.0 Å². The minimum Gasteiger partial charge on any atom is -0.491 e. The molecule has 5 rings (SSSR count). The van der Waals surface area contributed by atoms with Gasteiger partial charge < -0.3 is 4.74 Å². The molecule has 0 bridgehead atoms. The van der Waals surface area contributed by atoms with Crippen LogP contribution in [0.5, 0.6) is 5.75 Å². The highest BCUT2D eigenvalue weighted by atomic mass is 19.2. The summed E-state index contributed by atoms with van der Waals surface area (Å²) in [6, 6.07) is 8.52. The summed E-state index contributed by atoms with van der Waals surface area (Å²) >= 11 is 0. The number of allylic oxidation sites excluding steroid dienone is 2. The molecule has 1 atom stereocenters. The van der Waals surface area contributed by atoms with Gasteiger partial charge in [-0.05, 0) is 112 Å². The predicted octanol–water partition coefficient (Wildman–Crippen LogP) is 10.8. The Bertz CT molecular complexity index is 1470. The van der Waals surface area contributed by atoms with Gasteiger partial charge in [0.05, 0.1) is 6.61 Å². The van der Waals surface area contributed by atoms with Crippen LogP contribution in [0.3, 0.4) is 0 Å². The topological polar surface area (TPSA) is 9.23 Å². The Morgan fingerprint density at radius 2 is 1.26 bits per heavy atom. The van der Waals surface area contributed by atoms with Crippen LogP contribution in [0.15, 0.2) is 42.5 Å². The van der Waals surface area contributed by atoms with Crippen molar-refractivity contribution in [1.82, 2.24) is 0 Å². The molecule has 2 aliphatic carbocycles. The van der Waals surface area contributed by atoms with Crippen LogP contribution in [0.1, 0.15) is 87.3 Å². The number of aryl methyl sites for hydroxylation is 1. The normalized spacial score (nSPS) is 20.9. The Balaban J connectivity index is 1.17. The minimum atomic E-state index is -1.28. The lowest BCUT2D eigenvalue weighted by Crippen LogP contribution is -2.16. The second kappa shape index (κ2) is 13.0. The molecule has 0 radical (unpaired) electrons. The summed E-state index contributed by atoms with van der Waals surface area (Å²) in [5.74, 6) is -5.45. The van der Waals surface area contributed by atoms with Crippen molar-refractivity contribution in [3.05, 3.63) is 94.1 Å². The van der Waals surface area contributed by atoms with Crippen molar-refractivity contribution >= 4 is 5.57 Å². The van der Waals surface area contributed by atoms with Crippen molar-refractivity contribution < 1.29 is 31.1 Å². The summed E-state index contributed by atoms with van der Waals surface area (Å²) in [7, 11) is 0. The molecule has 3 aromatic carbocycles. The highest BCUT2D eigenvalue weighted by molar-refractivity contribution is 5.72. The largest absolute Gasteiger partial charge is 0.491 e. The molecular weight excluding hydrogens is 550 g/mol. The van der Waals surface area contributed by atoms with Crippen LogP contribution in [-0.4, -0.2) is 6.61 Å². The molecule has 0 aliphatic heterocycles. The van der Waals surface area contributed by atoms with E-state index in [9.17, 15) is 17.6 Å². The van der Waals surface area contributed by atoms with Crippen LogP contribution < -0.4 is 4.74 Å². The average molecular weight is 587 g/mol. The lowest BCUT2D eigenvalue weighted by Gasteiger charge is -2.30. The molecule has 0 spiro atoms. The third kappa shape index (κ3) is 6.11. The molecule has 1 saturated carbocycles. The van der Waals surface area contributed by atoms with E-state index in [0.29, 0.717) is 29.4 Å². The Morgan fingerprint density at radius 3 is 1.93 bits per heavy atom. The maximum Gasteiger partial charge on any atom is 0.201 e. The van der Waals surface area contributed by atoms with Gasteiger partial charge in [-0.1, -0.05) is 36.8 Å². The van der Waals surface area contributed by atoms with E-state index >= 15 is 8.78 Å². The molecule has 0 N–H and O–H groups in total. The molecule has 2 aliphatic rings. The molecule has 42 heavy (non-hydrogen) atoms. The van der Waals surface area contributed by atoms with Gasteiger partial charge in [0.2, 0.25) is 5.82 Å². The molecule has 224 valence electrons. The summed E-state index contributed by atoms with van der Waals surface area (Å²) in [6.45, 7) is 3.35. The molecule has 1 unspecified atom stereocenters. The van der Waals surface area contributed by atoms with Crippen molar-refractivity contribution in [3.63, 3.8) is 0 Å². The van der Waals surface area contributed by atoms with Crippen molar-refractivity contribution in [3.8, 4) is 16.9 Å². The highest BCUT2D eigenvalue weighted by Gasteiger charge is 2.28. The van der Waals surface area contributed by atoms with E-state index in [2.05, 4.69) is 0 Å². The van der Waals surface area contributed by atoms with Crippen molar-refractivity contribution in [2.75, 3.05) is 6.61 Å². The van der Waals surface area contributed by atoms with Crippen LogP contribution in [0.25, 0.3) is 16.7 Å². The second-order valence-electron chi connectivity index (χ2n) is 11.7. The van der Waals surface area contributed by atoms with E-state index in [1.165, 1.54) is 24.3 Å². The number of halogens is 6. The van der Waals surface area contributed by atoms with Crippen LogP contribution in [0.4, 0.5) is 26.3 Å². The van der Waals surface area contributed by atoms with Crippen LogP contribution in [0.2, 0.25) is 0 Å². The van der Waals surface area contributed by atoms with Gasteiger partial charge in [0.25, 0.3) is 0 Å². The first-order chi connectivity index (χ1) is 20.2. The van der Waals surface area contributed by atoms with E-state index < -0.39 is 34.9 Å². The minimum absolute atomic E-state index is 0.0585. The van der Waals surface area contributed by atoms with Crippen molar-refractivity contribution in [2.45, 2.75) is 77.6 Å². The molecular formula is C35H36F6O. The van der Waals surface area contributed by atoms with Gasteiger partial charge >= 0.3 is 0 Å². The molecule has 1 fully saturated rings. The first kappa shape index (κ1) is 30.2. The standard InChI is InChI=1S/C35H36F6O/c1-3-42-29-19-18-28(34(40)35(29)41)27-17-16-26(32(38)33(27)39)24-13-9-22(10-14-24)6-5-21-7-11-23(12-8-21)25-15-4-20(2)30(36)31(25)37/h4,13,15-19,21-23H,3,5-12,14H2,1-2H3. The first-order valence-corrected chi connectivity index (χ1v) is 14.9. The molecule has 0 heterocycles. The average Bonchev–Trinajstić information content (AvgIpc) is 3.00. The van der Waals surface area contributed by atoms with Crippen LogP contribution >= 0.6 is 0 Å². The first-order valence-electron chi connectivity index (χ1n) is 14.9. The van der Waals surface area contributed by atoms with Crippen LogP contribution in [-0.2, 0) is 0 Å². The summed E-state index contributed by atoms with van der Waals surface area (Å²) in [5, 5.41) is 0. The van der Waals surface area contributed by atoms with Crippen molar-refractivity contribution in [1.29, 1.82) is 0 Å². The number of hydrogen-bond acceptors (Lipinski definition) is 1. The summed E-state index contributed by atoms with van der Waals surface area (Å²) in [5.41, 5.74) is 1.00. The van der Waals surface area contributed by atoms with E-state index in [-0.39, 0.29) is 35.0 Å². The monoisotopic (exact) mass is 586 g/mol. The fourth-order valence-electron chi connectivity index (χ4n) is 6.62. The van der Waals surface area contributed by atoms with E-state index in [0.717, 1.165) is 56.9 Å². The third-order valence-electron chi connectivity index (χ3n) is 9.16. The fraction of sp³-hybridized carbons (Fsp3) is 0.429. The molecule has 1 nitrogen and oxygen atoms in total. The zero-order valence-corrected chi connectivity index (χ0v) is 24.0. The highest BCUT2D eigenvalue weighted by Crippen LogP contribution is 2.42. The number of hydrogen-bond donors (Lipinski definition) is 0. The molecule has 0 aromatic heterocycles. The van der Waals surface area contributed by atoms with Gasteiger partial charge in [0, 0.05) is 16.7 Å². The number of benzene rings is 3. The Kier molecular flexibility index (Phi) is 9.34. The summed E-state index contributed by atoms with van der Waals surface area (Å²) in [4.78, 5) is 0. The smallest absolute Gasteiger partial charge is 0.201 e. The maximum atomic E-state index is 15.2. The summed E-state index contributed by atoms with van der Waals surface area (Å²) in [6.07, 6.45) is 9.98. The summed E-state index contributed by atoms with van der Waals surface area (Å²) < 4.78 is 92.8. The molecule has 0 saturated heterocycles. The molecule has 7 heteroatoms.